The highest BCUT2D eigenvalue weighted by atomic mass is 32.1. The van der Waals surface area contributed by atoms with E-state index in [1.807, 2.05) is 51.1 Å². The maximum Gasteiger partial charge on any atom is 0.409 e. The van der Waals surface area contributed by atoms with Crippen molar-refractivity contribution in [3.63, 3.8) is 0 Å². The van der Waals surface area contributed by atoms with Crippen molar-refractivity contribution in [1.82, 2.24) is 10.6 Å². The second kappa shape index (κ2) is 18.5. The first-order chi connectivity index (χ1) is 27.4. The number of nitrogens with one attached hydrogen (secondary N) is 2. The number of rotatable bonds is 9. The average molecular weight is 820 g/mol. The van der Waals surface area contributed by atoms with E-state index in [9.17, 15) is 24.3 Å². The zero-order valence-electron chi connectivity index (χ0n) is 34.7. The summed E-state index contributed by atoms with van der Waals surface area (Å²) in [5, 5.41) is 17.3. The number of alkyl carbamates (subject to hydrolysis) is 1. The molecule has 2 saturated heterocycles. The maximum absolute atomic E-state index is 14.4. The van der Waals surface area contributed by atoms with Crippen LogP contribution in [0.15, 0.2) is 66.3 Å². The van der Waals surface area contributed by atoms with Gasteiger partial charge < -0.3 is 39.0 Å². The predicted molar refractivity (Wildman–Crippen MR) is 224 cm³/mol. The Hall–Kier alpha value is -4.63. The fraction of sp³-hybridized carbons (Fsp3) is 0.500. The summed E-state index contributed by atoms with van der Waals surface area (Å²) < 4.78 is 29.5. The van der Waals surface area contributed by atoms with Crippen molar-refractivity contribution >= 4 is 48.3 Å². The second-order valence-corrected chi connectivity index (χ2v) is 16.7. The first-order valence-corrected chi connectivity index (χ1v) is 20.1. The largest absolute Gasteiger partial charge is 0.496 e. The lowest BCUT2D eigenvalue weighted by Gasteiger charge is -2.42. The normalized spacial score (nSPS) is 29.7. The molecule has 3 aliphatic rings. The number of nitrogens with zero attached hydrogens (tertiary/aromatic N) is 1. The van der Waals surface area contributed by atoms with Gasteiger partial charge in [-0.3, -0.25) is 19.7 Å². The van der Waals surface area contributed by atoms with Crippen LogP contribution in [0.5, 0.6) is 5.75 Å². The summed E-state index contributed by atoms with van der Waals surface area (Å²) in [6.45, 7) is 11.1. The monoisotopic (exact) mass is 819 g/mol. The molecule has 3 aliphatic heterocycles. The molecule has 5 rings (SSSR count). The van der Waals surface area contributed by atoms with Crippen LogP contribution in [0.4, 0.5) is 10.5 Å². The smallest absolute Gasteiger partial charge is 0.409 e. The number of thiol groups is 1. The lowest BCUT2D eigenvalue weighted by Crippen LogP contribution is -2.63. The molecule has 2 aromatic rings. The molecule has 13 nitrogen and oxygen atoms in total. The number of amides is 3. The highest BCUT2D eigenvalue weighted by molar-refractivity contribution is 7.80. The SMILES string of the molecule is COc1cc2cc(c1/C=C/CNC(=O)c1ccc(C(C)S)cc1)N(C)C(=O)C[C@H](OC(=O)C(C)C)[C@]1(C)O[C@H]1[C@H](C)[C@@H]1C[C@@](O)(NC(=O)O1)[C@H](OC)/C=C/C=C(\C)C2. The fourth-order valence-electron chi connectivity index (χ4n) is 7.48. The number of aliphatic hydroxyl groups is 1. The van der Waals surface area contributed by atoms with Gasteiger partial charge in [0.25, 0.3) is 5.91 Å². The Morgan fingerprint density at radius 1 is 1.16 bits per heavy atom. The van der Waals surface area contributed by atoms with Gasteiger partial charge in [-0.25, -0.2) is 4.79 Å². The third kappa shape index (κ3) is 10.1. The Morgan fingerprint density at radius 2 is 1.86 bits per heavy atom. The molecule has 314 valence electrons. The first-order valence-electron chi connectivity index (χ1n) is 19.6. The topological polar surface area (TPSA) is 165 Å². The van der Waals surface area contributed by atoms with Crippen LogP contribution in [-0.4, -0.2) is 92.5 Å². The Kier molecular flexibility index (Phi) is 14.2. The lowest BCUT2D eigenvalue weighted by molar-refractivity contribution is -0.157. The highest BCUT2D eigenvalue weighted by Crippen LogP contribution is 2.49. The minimum Gasteiger partial charge on any atom is -0.496 e. The highest BCUT2D eigenvalue weighted by Gasteiger charge is 2.64. The Labute approximate surface area is 346 Å². The van der Waals surface area contributed by atoms with E-state index in [-0.39, 0.29) is 36.5 Å². The Bertz CT molecular complexity index is 1950. The summed E-state index contributed by atoms with van der Waals surface area (Å²) in [4.78, 5) is 54.8. The zero-order valence-corrected chi connectivity index (χ0v) is 35.6. The fourth-order valence-corrected chi connectivity index (χ4v) is 7.65. The predicted octanol–water partition coefficient (Wildman–Crippen LogP) is 6.10. The van der Waals surface area contributed by atoms with Gasteiger partial charge in [-0.15, -0.1) is 0 Å². The van der Waals surface area contributed by atoms with Crippen molar-refractivity contribution in [3.8, 4) is 5.75 Å². The molecule has 0 saturated carbocycles. The van der Waals surface area contributed by atoms with Crippen LogP contribution in [0.2, 0.25) is 0 Å². The van der Waals surface area contributed by atoms with Crippen LogP contribution in [0.3, 0.4) is 0 Å². The van der Waals surface area contributed by atoms with Gasteiger partial charge in [0.1, 0.15) is 29.7 Å². The van der Waals surface area contributed by atoms with Crippen LogP contribution in [0.1, 0.15) is 86.7 Å². The summed E-state index contributed by atoms with van der Waals surface area (Å²) >= 11 is 4.46. The number of anilines is 1. The molecule has 14 heteroatoms. The molecule has 0 aliphatic carbocycles. The number of methoxy groups -OCH3 is 2. The number of carbonyl (C=O) groups excluding carboxylic acids is 4. The molecule has 58 heavy (non-hydrogen) atoms. The quantitative estimate of drug-likeness (QED) is 0.132. The number of ether oxygens (including phenoxy) is 5. The number of benzene rings is 2. The number of hydrogen-bond donors (Lipinski definition) is 4. The molecule has 3 N–H and O–H groups in total. The van der Waals surface area contributed by atoms with Crippen molar-refractivity contribution < 1.29 is 48.0 Å². The molecular weight excluding hydrogens is 763 g/mol. The van der Waals surface area contributed by atoms with Gasteiger partial charge in [-0.1, -0.05) is 68.9 Å². The van der Waals surface area contributed by atoms with E-state index >= 15 is 0 Å². The minimum atomic E-state index is -1.80. The molecule has 0 aromatic heterocycles. The van der Waals surface area contributed by atoms with E-state index in [0.717, 1.165) is 16.7 Å². The average Bonchev–Trinajstić information content (AvgIpc) is 3.88. The number of esters is 1. The third-order valence-electron chi connectivity index (χ3n) is 11.1. The summed E-state index contributed by atoms with van der Waals surface area (Å²) in [6, 6.07) is 11.1. The van der Waals surface area contributed by atoms with Crippen molar-refractivity contribution in [2.45, 2.75) is 102 Å². The van der Waals surface area contributed by atoms with Gasteiger partial charge in [-0.05, 0) is 62.6 Å². The van der Waals surface area contributed by atoms with Crippen molar-refractivity contribution in [2.24, 2.45) is 11.8 Å². The van der Waals surface area contributed by atoms with E-state index in [4.69, 9.17) is 23.7 Å². The summed E-state index contributed by atoms with van der Waals surface area (Å²) in [5.41, 5.74) is 1.53. The number of fused-ring (bicyclic) bond motifs is 5. The number of allylic oxidation sites excluding steroid dienone is 3. The molecule has 0 spiro atoms. The van der Waals surface area contributed by atoms with Crippen LogP contribution < -0.4 is 20.3 Å². The molecule has 1 unspecified atom stereocenters. The van der Waals surface area contributed by atoms with Crippen LogP contribution in [-0.2, 0) is 35.0 Å². The van der Waals surface area contributed by atoms with Crippen LogP contribution in [0, 0.1) is 11.8 Å². The molecule has 0 radical (unpaired) electrons. The lowest BCUT2D eigenvalue weighted by atomic mass is 9.83. The van der Waals surface area contributed by atoms with Crippen LogP contribution >= 0.6 is 12.6 Å². The molecule has 3 amide bonds. The van der Waals surface area contributed by atoms with E-state index in [0.29, 0.717) is 29.0 Å². The van der Waals surface area contributed by atoms with Gasteiger partial charge in [0.05, 0.1) is 31.2 Å². The molecule has 8 atom stereocenters. The van der Waals surface area contributed by atoms with E-state index in [2.05, 4.69) is 23.3 Å². The molecule has 2 aromatic carbocycles. The second-order valence-electron chi connectivity index (χ2n) is 15.9. The standard InChI is InChI=1S/C44H57N3O10S/c1-25(2)41(50)56-37-23-38(48)47(7)33-21-29(22-34(53-8)32(33)13-11-19-45-40(49)31-17-15-30(16-18-31)28(5)58)20-26(3)12-10-14-36(54-9)44(52)24-35(55-42(51)46-44)27(4)39-43(37,6)57-39/h10-18,21-22,25,27-28,35-37,39,52,58H,19-20,23-24H2,1-9H3,(H,45,49)(H,46,51)/b13-11+,14-10+,26-12+/t27-,28?,35+,36-,37+,39+,43+,44+/m1/s1. The van der Waals surface area contributed by atoms with Gasteiger partial charge in [0.15, 0.2) is 5.72 Å². The number of hydrogen-bond acceptors (Lipinski definition) is 11. The van der Waals surface area contributed by atoms with Crippen LogP contribution in [0.25, 0.3) is 6.08 Å². The third-order valence-corrected chi connectivity index (χ3v) is 11.4. The Morgan fingerprint density at radius 3 is 2.50 bits per heavy atom. The van der Waals surface area contributed by atoms with Gasteiger partial charge in [0.2, 0.25) is 5.91 Å². The van der Waals surface area contributed by atoms with E-state index < -0.39 is 59.6 Å². The summed E-state index contributed by atoms with van der Waals surface area (Å²) in [5.74, 6) is -1.55. The van der Waals surface area contributed by atoms with Crippen molar-refractivity contribution in [1.29, 1.82) is 0 Å². The van der Waals surface area contributed by atoms with Gasteiger partial charge in [-0.2, -0.15) is 12.6 Å². The van der Waals surface area contributed by atoms with Crippen molar-refractivity contribution in [2.75, 3.05) is 32.7 Å². The summed E-state index contributed by atoms with van der Waals surface area (Å²) in [7, 11) is 4.65. The first kappa shape index (κ1) is 44.5. The Balaban J connectivity index is 1.52. The number of epoxide rings is 1. The molecule has 4 bridgehead atoms. The number of carbonyl (C=O) groups is 4. The van der Waals surface area contributed by atoms with E-state index in [1.54, 1.807) is 71.4 Å². The van der Waals surface area contributed by atoms with Crippen molar-refractivity contribution in [3.05, 3.63) is 88.5 Å². The molecule has 2 fully saturated rings. The van der Waals surface area contributed by atoms with E-state index in [1.165, 1.54) is 12.0 Å². The zero-order chi connectivity index (χ0) is 42.5. The minimum absolute atomic E-state index is 0.0199. The van der Waals surface area contributed by atoms with Gasteiger partial charge >= 0.3 is 12.1 Å². The molecular formula is C44H57N3O10S. The molecule has 3 heterocycles. The van der Waals surface area contributed by atoms with Gasteiger partial charge in [0, 0.05) is 49.4 Å². The maximum atomic E-state index is 14.4. The summed E-state index contributed by atoms with van der Waals surface area (Å²) in [6.07, 6.45) is 4.99.